The largest absolute Gasteiger partial charge is 0.479 e. The zero-order valence-corrected chi connectivity index (χ0v) is 10.0. The van der Waals surface area contributed by atoms with E-state index < -0.39 is 11.6 Å². The minimum absolute atomic E-state index is 0.237. The van der Waals surface area contributed by atoms with Crippen molar-refractivity contribution in [1.82, 2.24) is 0 Å². The lowest BCUT2D eigenvalue weighted by molar-refractivity contribution is -0.162. The van der Waals surface area contributed by atoms with Gasteiger partial charge in [-0.1, -0.05) is 31.2 Å². The van der Waals surface area contributed by atoms with Crippen molar-refractivity contribution in [3.63, 3.8) is 0 Å². The highest BCUT2D eigenvalue weighted by molar-refractivity contribution is 5.79. The van der Waals surface area contributed by atoms with E-state index in [2.05, 4.69) is 0 Å². The van der Waals surface area contributed by atoms with Gasteiger partial charge in [0.2, 0.25) is 0 Å². The van der Waals surface area contributed by atoms with Crippen molar-refractivity contribution in [3.05, 3.63) is 35.4 Å². The molecule has 0 bridgehead atoms. The summed E-state index contributed by atoms with van der Waals surface area (Å²) in [6.07, 6.45) is 2.90. The number of carbonyl (C=O) groups is 1. The predicted molar refractivity (Wildman–Crippen MR) is 65.0 cm³/mol. The molecule has 17 heavy (non-hydrogen) atoms. The maximum Gasteiger partial charge on any atom is 0.336 e. The monoisotopic (exact) mass is 234 g/mol. The van der Waals surface area contributed by atoms with Gasteiger partial charge in [-0.2, -0.15) is 0 Å². The molecule has 92 valence electrons. The number of carboxylic acid groups (broad SMARTS) is 1. The molecule has 0 spiro atoms. The first kappa shape index (κ1) is 12.1. The van der Waals surface area contributed by atoms with Crippen molar-refractivity contribution < 1.29 is 15.0 Å². The van der Waals surface area contributed by atoms with E-state index in [9.17, 15) is 15.0 Å². The van der Waals surface area contributed by atoms with Crippen molar-refractivity contribution >= 4 is 5.97 Å². The molecule has 0 amide bonds. The average molecular weight is 234 g/mol. The second kappa shape index (κ2) is 4.49. The fourth-order valence-electron chi connectivity index (χ4n) is 2.80. The molecule has 0 heterocycles. The van der Waals surface area contributed by atoms with Gasteiger partial charge >= 0.3 is 5.97 Å². The van der Waals surface area contributed by atoms with Crippen LogP contribution in [0.25, 0.3) is 0 Å². The highest BCUT2D eigenvalue weighted by Gasteiger charge is 2.44. The Morgan fingerprint density at radius 3 is 2.82 bits per heavy atom. The predicted octanol–water partition coefficient (Wildman–Crippen LogP) is 2.33. The zero-order valence-electron chi connectivity index (χ0n) is 10.0. The van der Waals surface area contributed by atoms with Crippen LogP contribution in [0.15, 0.2) is 24.3 Å². The Kier molecular flexibility index (Phi) is 3.20. The smallest absolute Gasteiger partial charge is 0.336 e. The van der Waals surface area contributed by atoms with Crippen LogP contribution in [0, 0.1) is 0 Å². The highest BCUT2D eigenvalue weighted by atomic mass is 16.4. The summed E-state index contributed by atoms with van der Waals surface area (Å²) < 4.78 is 0. The summed E-state index contributed by atoms with van der Waals surface area (Å²) in [4.78, 5) is 11.3. The Bertz CT molecular complexity index is 427. The number of rotatable bonds is 3. The molecule has 2 rings (SSSR count). The minimum Gasteiger partial charge on any atom is -0.479 e. The number of benzene rings is 1. The van der Waals surface area contributed by atoms with Gasteiger partial charge in [0.1, 0.15) is 0 Å². The number of aliphatic carboxylic acids is 1. The van der Waals surface area contributed by atoms with E-state index in [-0.39, 0.29) is 12.3 Å². The highest BCUT2D eigenvalue weighted by Crippen LogP contribution is 2.40. The summed E-state index contributed by atoms with van der Waals surface area (Å²) in [6.45, 7) is 1.73. The molecule has 1 aromatic rings. The summed E-state index contributed by atoms with van der Waals surface area (Å²) in [6, 6.07) is 7.85. The molecule has 1 aliphatic carbocycles. The van der Waals surface area contributed by atoms with Gasteiger partial charge in [0.05, 0.1) is 0 Å². The van der Waals surface area contributed by atoms with Crippen LogP contribution >= 0.6 is 0 Å². The molecule has 0 aromatic heterocycles. The van der Waals surface area contributed by atoms with Crippen molar-refractivity contribution in [3.8, 4) is 0 Å². The maximum atomic E-state index is 11.3. The number of hydrogen-bond acceptors (Lipinski definition) is 2. The van der Waals surface area contributed by atoms with Crippen molar-refractivity contribution in [2.75, 3.05) is 0 Å². The van der Waals surface area contributed by atoms with Crippen LogP contribution < -0.4 is 0 Å². The van der Waals surface area contributed by atoms with Crippen molar-refractivity contribution in [2.24, 2.45) is 0 Å². The summed E-state index contributed by atoms with van der Waals surface area (Å²) in [5.74, 6) is -1.39. The summed E-state index contributed by atoms with van der Waals surface area (Å²) in [5, 5.41) is 19.6. The average Bonchev–Trinajstić information content (AvgIpc) is 2.37. The van der Waals surface area contributed by atoms with Crippen LogP contribution in [0.4, 0.5) is 0 Å². The molecule has 2 N–H and O–H groups in total. The van der Waals surface area contributed by atoms with Crippen molar-refractivity contribution in [1.29, 1.82) is 0 Å². The summed E-state index contributed by atoms with van der Waals surface area (Å²) in [7, 11) is 0. The lowest BCUT2D eigenvalue weighted by atomic mass is 9.72. The number of aryl methyl sites for hydroxylation is 1. The molecule has 3 heteroatoms. The third kappa shape index (κ3) is 1.95. The molecule has 1 aromatic carbocycles. The first-order valence-corrected chi connectivity index (χ1v) is 6.13. The molecular formula is C14H18O3. The van der Waals surface area contributed by atoms with Gasteiger partial charge < -0.3 is 10.2 Å². The van der Waals surface area contributed by atoms with Gasteiger partial charge in [-0.25, -0.2) is 4.79 Å². The Morgan fingerprint density at radius 2 is 2.18 bits per heavy atom. The lowest BCUT2D eigenvalue weighted by Gasteiger charge is -2.36. The molecule has 0 saturated heterocycles. The number of hydrogen-bond donors (Lipinski definition) is 2. The van der Waals surface area contributed by atoms with Gasteiger partial charge in [-0.15, -0.1) is 0 Å². The second-order valence-electron chi connectivity index (χ2n) is 4.73. The molecule has 2 atom stereocenters. The minimum atomic E-state index is -1.63. The third-order valence-corrected chi connectivity index (χ3v) is 3.86. The zero-order chi connectivity index (χ0) is 12.5. The normalized spacial score (nSPS) is 22.6. The summed E-state index contributed by atoms with van der Waals surface area (Å²) in [5.41, 5.74) is 0.554. The molecule has 2 unspecified atom stereocenters. The molecule has 0 saturated carbocycles. The lowest BCUT2D eigenvalue weighted by Crippen LogP contribution is -2.45. The molecule has 0 fully saturated rings. The van der Waals surface area contributed by atoms with Crippen LogP contribution in [0.3, 0.4) is 0 Å². The number of carboxylic acids is 1. The van der Waals surface area contributed by atoms with Crippen molar-refractivity contribution in [2.45, 2.75) is 44.1 Å². The topological polar surface area (TPSA) is 57.5 Å². The second-order valence-corrected chi connectivity index (χ2v) is 4.73. The first-order valence-electron chi connectivity index (χ1n) is 6.13. The third-order valence-electron chi connectivity index (χ3n) is 3.86. The molecular weight excluding hydrogens is 216 g/mol. The van der Waals surface area contributed by atoms with Gasteiger partial charge in [0, 0.05) is 5.92 Å². The molecule has 3 nitrogen and oxygen atoms in total. The van der Waals surface area contributed by atoms with Gasteiger partial charge in [0.15, 0.2) is 5.60 Å². The fourth-order valence-corrected chi connectivity index (χ4v) is 2.80. The van der Waals surface area contributed by atoms with Crippen LogP contribution in [-0.4, -0.2) is 21.8 Å². The van der Waals surface area contributed by atoms with E-state index in [1.807, 2.05) is 24.3 Å². The van der Waals surface area contributed by atoms with E-state index in [0.29, 0.717) is 0 Å². The quantitative estimate of drug-likeness (QED) is 0.844. The van der Waals surface area contributed by atoms with E-state index in [1.54, 1.807) is 6.92 Å². The van der Waals surface area contributed by atoms with Crippen LogP contribution in [0.1, 0.15) is 43.2 Å². The molecule has 0 aliphatic heterocycles. The Labute approximate surface area is 101 Å². The summed E-state index contributed by atoms with van der Waals surface area (Å²) >= 11 is 0. The Balaban J connectivity index is 2.44. The molecule has 0 radical (unpaired) electrons. The Morgan fingerprint density at radius 1 is 1.47 bits per heavy atom. The van der Waals surface area contributed by atoms with Crippen LogP contribution in [-0.2, 0) is 11.2 Å². The molecule has 1 aliphatic rings. The van der Waals surface area contributed by atoms with E-state index >= 15 is 0 Å². The van der Waals surface area contributed by atoms with Gasteiger partial charge in [-0.05, 0) is 36.8 Å². The SMILES string of the molecule is CCC(O)(C(=O)O)C1CCCc2ccccc21. The van der Waals surface area contributed by atoms with Gasteiger partial charge in [0.25, 0.3) is 0 Å². The van der Waals surface area contributed by atoms with Crippen LogP contribution in [0.5, 0.6) is 0 Å². The first-order chi connectivity index (χ1) is 8.09. The van der Waals surface area contributed by atoms with E-state index in [1.165, 1.54) is 5.56 Å². The Hall–Kier alpha value is -1.35. The van der Waals surface area contributed by atoms with E-state index in [4.69, 9.17) is 0 Å². The number of aliphatic hydroxyl groups is 1. The maximum absolute atomic E-state index is 11.3. The van der Waals surface area contributed by atoms with Gasteiger partial charge in [-0.3, -0.25) is 0 Å². The number of fused-ring (bicyclic) bond motifs is 1. The standard InChI is InChI=1S/C14H18O3/c1-2-14(17,13(15)16)12-9-5-7-10-6-3-4-8-11(10)12/h3-4,6,8,12,17H,2,5,7,9H2,1H3,(H,15,16). The van der Waals surface area contributed by atoms with E-state index in [0.717, 1.165) is 24.8 Å². The van der Waals surface area contributed by atoms with Crippen LogP contribution in [0.2, 0.25) is 0 Å². The fraction of sp³-hybridized carbons (Fsp3) is 0.500.